The summed E-state index contributed by atoms with van der Waals surface area (Å²) >= 11 is 0. The zero-order valence-electron chi connectivity index (χ0n) is 22.8. The van der Waals surface area contributed by atoms with Gasteiger partial charge in [-0.05, 0) is 24.8 Å². The lowest BCUT2D eigenvalue weighted by molar-refractivity contribution is 0.315. The van der Waals surface area contributed by atoms with Crippen molar-refractivity contribution in [2.75, 3.05) is 0 Å². The van der Waals surface area contributed by atoms with Crippen LogP contribution in [-0.2, 0) is 0 Å². The Balaban J connectivity index is 1.92. The van der Waals surface area contributed by atoms with E-state index >= 15 is 0 Å². The molecule has 0 radical (unpaired) electrons. The van der Waals surface area contributed by atoms with Gasteiger partial charge in [0.05, 0.1) is 40.8 Å². The van der Waals surface area contributed by atoms with Crippen molar-refractivity contribution in [2.45, 2.75) is 38.0 Å². The zero-order valence-corrected chi connectivity index (χ0v) is 11.8. The second kappa shape index (κ2) is 5.84. The average molecular weight is 317 g/mol. The molecule has 4 rings (SSSR count). The van der Waals surface area contributed by atoms with Crippen LogP contribution in [0.15, 0.2) is 30.9 Å². The highest BCUT2D eigenvalue weighted by molar-refractivity contribution is 5.77. The molecule has 0 aromatic carbocycles. The minimum absolute atomic E-state index is 0.0554. The molecule has 0 unspecified atom stereocenters. The summed E-state index contributed by atoms with van der Waals surface area (Å²) < 4.78 is 90.6. The molecule has 0 amide bonds. The number of aromatic amines is 1. The summed E-state index contributed by atoms with van der Waals surface area (Å²) in [6, 6.07) is -1.83. The van der Waals surface area contributed by atoms with E-state index in [0.717, 1.165) is 12.4 Å². The van der Waals surface area contributed by atoms with Crippen molar-refractivity contribution in [1.82, 2.24) is 24.7 Å². The Morgan fingerprint density at radius 2 is 2.48 bits per heavy atom. The molecule has 0 saturated heterocycles. The van der Waals surface area contributed by atoms with Crippen molar-refractivity contribution in [2.24, 2.45) is 5.89 Å². The van der Waals surface area contributed by atoms with Crippen LogP contribution >= 0.6 is 0 Å². The van der Waals surface area contributed by atoms with E-state index in [1.54, 1.807) is 0 Å². The number of hydrogen-bond acceptors (Lipinski definition) is 4. The summed E-state index contributed by atoms with van der Waals surface area (Å²) in [4.78, 5) is 10.3. The Morgan fingerprint density at radius 1 is 1.61 bits per heavy atom. The minimum atomic E-state index is -3.09. The summed E-state index contributed by atoms with van der Waals surface area (Å²) in [5.41, 5.74) is 0.265. The first-order valence-electron chi connectivity index (χ1n) is 12.3. The van der Waals surface area contributed by atoms with Crippen molar-refractivity contribution in [3.05, 3.63) is 30.9 Å². The van der Waals surface area contributed by atoms with Gasteiger partial charge in [-0.1, -0.05) is 12.7 Å². The third-order valence-electron chi connectivity index (χ3n) is 3.50. The molecule has 2 aliphatic heterocycles. The van der Waals surface area contributed by atoms with Crippen LogP contribution in [-0.4, -0.2) is 24.7 Å². The van der Waals surface area contributed by atoms with E-state index in [0.29, 0.717) is 4.68 Å². The second-order valence-electron chi connectivity index (χ2n) is 4.84. The van der Waals surface area contributed by atoms with Gasteiger partial charge in [-0.15, -0.1) is 0 Å². The first-order valence-corrected chi connectivity index (χ1v) is 6.80. The van der Waals surface area contributed by atoms with E-state index in [9.17, 15) is 5.26 Å². The molecule has 1 aliphatic carbocycles. The molecular formula is C17H18N6. The summed E-state index contributed by atoms with van der Waals surface area (Å²) in [5.74, 6) is -2.49. The molecule has 3 heterocycles. The zero-order chi connectivity index (χ0) is 25.5. The van der Waals surface area contributed by atoms with Crippen LogP contribution in [0.1, 0.15) is 53.1 Å². The smallest absolute Gasteiger partial charge is 0.162 e. The van der Waals surface area contributed by atoms with Crippen LogP contribution in [0.2, 0.25) is 0 Å². The normalized spacial score (nSPS) is 31.3. The Labute approximate surface area is 150 Å². The number of rotatable bonds is 4. The topological polar surface area (TPSA) is 83.2 Å². The fourth-order valence-corrected chi connectivity index (χ4v) is 2.42. The molecule has 0 spiro atoms. The number of nitriles is 1. The molecule has 116 valence electrons. The van der Waals surface area contributed by atoms with Crippen molar-refractivity contribution < 1.29 is 15.1 Å². The molecule has 1 fully saturated rings. The van der Waals surface area contributed by atoms with Crippen LogP contribution in [0.5, 0.6) is 0 Å². The quantitative estimate of drug-likeness (QED) is 0.799. The molecule has 6 nitrogen and oxygen atoms in total. The highest BCUT2D eigenvalue weighted by Crippen LogP contribution is 2.37. The number of hydrogen-bond donors (Lipinski definition) is 1. The van der Waals surface area contributed by atoms with Crippen molar-refractivity contribution >= 4 is 0 Å². The Kier molecular flexibility index (Phi) is 1.64. The van der Waals surface area contributed by atoms with Crippen molar-refractivity contribution in [1.29, 1.82) is 5.26 Å². The Hall–Kier alpha value is -2.68. The third kappa shape index (κ3) is 2.48. The molecule has 1 N–H and O–H groups in total. The van der Waals surface area contributed by atoms with Gasteiger partial charge in [0.25, 0.3) is 0 Å². The first kappa shape index (κ1) is 6.44. The monoisotopic (exact) mass is 317 g/mol. The summed E-state index contributed by atoms with van der Waals surface area (Å²) in [7, 11) is 0. The Bertz CT molecular complexity index is 1280. The van der Waals surface area contributed by atoms with Gasteiger partial charge in [-0.2, -0.15) is 10.4 Å². The van der Waals surface area contributed by atoms with Gasteiger partial charge in [0.1, 0.15) is 1.37 Å². The molecule has 23 heavy (non-hydrogen) atoms. The number of H-pyrrole nitrogens is 1. The summed E-state index contributed by atoms with van der Waals surface area (Å²) in [5, 5.41) is 13.5. The van der Waals surface area contributed by atoms with Gasteiger partial charge in [-0.25, -0.2) is 9.97 Å². The summed E-state index contributed by atoms with van der Waals surface area (Å²) in [6.45, 7) is 0. The molecule has 1 atom stereocenters. The minimum Gasteiger partial charge on any atom is -0.345 e. The molecule has 6 heteroatoms. The number of aromatic nitrogens is 5. The first-order chi connectivity index (χ1) is 15.5. The van der Waals surface area contributed by atoms with Gasteiger partial charge >= 0.3 is 0 Å². The van der Waals surface area contributed by atoms with Crippen LogP contribution < -0.4 is 0 Å². The fraction of sp³-hybridized carbons (Fsp3) is 0.412. The maximum absolute atomic E-state index is 9.52. The van der Waals surface area contributed by atoms with E-state index in [1.807, 2.05) is 0 Å². The van der Waals surface area contributed by atoms with Crippen LogP contribution in [0, 0.1) is 17.2 Å². The third-order valence-corrected chi connectivity index (χ3v) is 3.50. The van der Waals surface area contributed by atoms with Crippen molar-refractivity contribution in [3.63, 3.8) is 0 Å². The lowest BCUT2D eigenvalue weighted by atomic mass is 9.96. The number of nitrogens with zero attached hydrogens (tertiary/aromatic N) is 5. The predicted molar refractivity (Wildman–Crippen MR) is 85.5 cm³/mol. The van der Waals surface area contributed by atoms with Gasteiger partial charge in [0.15, 0.2) is 5.82 Å². The highest BCUT2D eigenvalue weighted by Gasteiger charge is 2.27. The molecule has 3 aliphatic rings. The van der Waals surface area contributed by atoms with E-state index in [2.05, 4.69) is 20.1 Å². The van der Waals surface area contributed by atoms with E-state index < -0.39 is 43.9 Å². The standard InChI is InChI=1S/C17H18N6/c18-7-5-15(12-3-1-2-4-12)23-10-13(9-22-23)16-14-6-8-19-17(14)21-11-20-16/h6,8-12,15H,1-5H2,(H,19,20,21)/t15-/m0/s1/i1D2,2D2,5D2,6D,8D,11D,12D,15D. The largest absolute Gasteiger partial charge is 0.345 e. The SMILES string of the molecule is [2H]c1nc2nc([2H])c([2H])c-2c(-c2cnn([C@@]([2H])(C([2H])([2H])C#N)C3([2H])CC([2H])([2H])C([2H])([2H])C3)c2)[nH]1. The number of nitrogens with one attached hydrogen (secondary N) is 1. The Morgan fingerprint density at radius 3 is 3.30 bits per heavy atom. The van der Waals surface area contributed by atoms with Gasteiger partial charge in [-0.3, -0.25) is 4.68 Å². The van der Waals surface area contributed by atoms with E-state index in [4.69, 9.17) is 15.1 Å². The average Bonchev–Trinajstić information content (AvgIpc) is 3.35. The maximum Gasteiger partial charge on any atom is 0.162 e. The van der Waals surface area contributed by atoms with E-state index in [-0.39, 0.29) is 41.2 Å². The lowest BCUT2D eigenvalue weighted by Crippen LogP contribution is -2.17. The molecule has 1 saturated carbocycles. The molecule has 1 aromatic rings. The van der Waals surface area contributed by atoms with Gasteiger partial charge < -0.3 is 4.98 Å². The van der Waals surface area contributed by atoms with Crippen LogP contribution in [0.3, 0.4) is 0 Å². The van der Waals surface area contributed by atoms with Crippen molar-refractivity contribution in [3.8, 4) is 28.7 Å². The van der Waals surface area contributed by atoms with Crippen LogP contribution in [0.4, 0.5) is 0 Å². The maximum atomic E-state index is 9.52. The highest BCUT2D eigenvalue weighted by atomic mass is 15.3. The van der Waals surface area contributed by atoms with Gasteiger partial charge in [0, 0.05) is 33.1 Å². The number of fused-ring (bicyclic) bond motifs is 1. The molecule has 0 bridgehead atoms. The molecule has 1 aromatic heterocycles. The fourth-order valence-electron chi connectivity index (χ4n) is 2.42. The van der Waals surface area contributed by atoms with Crippen LogP contribution in [0.25, 0.3) is 22.6 Å². The van der Waals surface area contributed by atoms with Gasteiger partial charge in [0.2, 0.25) is 0 Å². The lowest BCUT2D eigenvalue weighted by Gasteiger charge is -2.21. The van der Waals surface area contributed by atoms with E-state index in [1.165, 1.54) is 6.07 Å². The molecular weight excluding hydrogens is 288 g/mol. The second-order valence-corrected chi connectivity index (χ2v) is 4.84. The predicted octanol–water partition coefficient (Wildman–Crippen LogP) is 3.42. The summed E-state index contributed by atoms with van der Waals surface area (Å²) in [6.07, 6.45) is -8.43.